The number of rotatable bonds is 4. The fourth-order valence-electron chi connectivity index (χ4n) is 3.75. The minimum atomic E-state index is 0. The summed E-state index contributed by atoms with van der Waals surface area (Å²) in [5.41, 5.74) is 7.23. The van der Waals surface area contributed by atoms with Crippen LogP contribution in [0, 0.1) is 54.4 Å². The molecule has 0 bridgehead atoms. The van der Waals surface area contributed by atoms with Crippen LogP contribution in [0.5, 0.6) is 0 Å². The van der Waals surface area contributed by atoms with Gasteiger partial charge in [0.25, 0.3) is 0 Å². The number of aryl methyl sites for hydroxylation is 4. The zero-order valence-corrected chi connectivity index (χ0v) is 19.7. The number of para-hydroxylation sites is 2. The molecule has 2 atom stereocenters. The van der Waals surface area contributed by atoms with Crippen LogP contribution >= 0.6 is 0 Å². The maximum Gasteiger partial charge on any atom is 2.00 e. The quantitative estimate of drug-likeness (QED) is 0.255. The van der Waals surface area contributed by atoms with E-state index in [1.165, 1.54) is 41.5 Å². The van der Waals surface area contributed by atoms with E-state index in [1.54, 1.807) is 0 Å². The van der Waals surface area contributed by atoms with Crippen LogP contribution in [0.15, 0.2) is 46.4 Å². The fraction of sp³-hybridized carbons (Fsp3) is 0.360. The van der Waals surface area contributed by atoms with Crippen LogP contribution in [-0.4, -0.2) is 12.4 Å². The first-order valence-electron chi connectivity index (χ1n) is 9.27. The summed E-state index contributed by atoms with van der Waals surface area (Å²) in [5, 5.41) is 0. The molecule has 0 aliphatic heterocycles. The molecule has 154 valence electrons. The van der Waals surface area contributed by atoms with E-state index in [9.17, 15) is 0 Å². The van der Waals surface area contributed by atoms with Crippen LogP contribution in [0.4, 0.5) is 11.4 Å². The second-order valence-corrected chi connectivity index (χ2v) is 7.30. The van der Waals surface area contributed by atoms with Crippen molar-refractivity contribution < 1.29 is 20.4 Å². The first-order chi connectivity index (χ1) is 12.1. The molecule has 0 aromatic heterocycles. The van der Waals surface area contributed by atoms with E-state index in [0.717, 1.165) is 11.4 Å². The van der Waals surface area contributed by atoms with Gasteiger partial charge in [-0.3, -0.25) is 9.98 Å². The van der Waals surface area contributed by atoms with Gasteiger partial charge < -0.3 is 14.9 Å². The average molecular weight is 469 g/mol. The van der Waals surface area contributed by atoms with Gasteiger partial charge in [-0.15, -0.1) is 0 Å². The van der Waals surface area contributed by atoms with E-state index in [1.807, 2.05) is 0 Å². The molecule has 0 radical (unpaired) electrons. The molecule has 2 nitrogen and oxygen atoms in total. The molecule has 0 spiro atoms. The number of benzene rings is 2. The molecule has 1 aliphatic rings. The van der Waals surface area contributed by atoms with Crippen LogP contribution in [-0.2, 0) is 20.4 Å². The first-order valence-corrected chi connectivity index (χ1v) is 9.27. The molecule has 2 unspecified atom stereocenters. The Labute approximate surface area is 186 Å². The molecule has 0 amide bonds. The molecule has 3 heteroatoms. The van der Waals surface area contributed by atoms with Crippen molar-refractivity contribution in [1.82, 2.24) is 0 Å². The van der Waals surface area contributed by atoms with Crippen LogP contribution in [0.1, 0.15) is 41.5 Å². The summed E-state index contributed by atoms with van der Waals surface area (Å²) in [6.07, 6.45) is 8.01. The molecule has 1 fully saturated rings. The van der Waals surface area contributed by atoms with Crippen LogP contribution in [0.25, 0.3) is 0 Å². The van der Waals surface area contributed by atoms with E-state index in [-0.39, 0.29) is 35.3 Å². The SMILES string of the molecule is Cc1cccc(C)c1N=CC1CCCC1C=Nc1c(C)cccc1C.[CH3-].[CH3-].[Pd+2]. The van der Waals surface area contributed by atoms with Crippen molar-refractivity contribution in [3.05, 3.63) is 73.5 Å². The number of aliphatic imine (C=N–C) groups is 2. The Morgan fingerprint density at radius 1 is 0.679 bits per heavy atom. The molecule has 0 heterocycles. The predicted molar refractivity (Wildman–Crippen MR) is 122 cm³/mol. The van der Waals surface area contributed by atoms with E-state index < -0.39 is 0 Å². The second-order valence-electron chi connectivity index (χ2n) is 7.30. The Balaban J connectivity index is 0.00000243. The van der Waals surface area contributed by atoms with Gasteiger partial charge in [0.1, 0.15) is 0 Å². The molecule has 3 rings (SSSR count). The monoisotopic (exact) mass is 468 g/mol. The molecule has 28 heavy (non-hydrogen) atoms. The van der Waals surface area contributed by atoms with Crippen LogP contribution in [0.3, 0.4) is 0 Å². The van der Waals surface area contributed by atoms with Crippen molar-refractivity contribution in [3.8, 4) is 0 Å². The van der Waals surface area contributed by atoms with Crippen molar-refractivity contribution >= 4 is 23.8 Å². The van der Waals surface area contributed by atoms with Gasteiger partial charge in [0.15, 0.2) is 0 Å². The van der Waals surface area contributed by atoms with E-state index in [2.05, 4.69) is 76.5 Å². The molecular weight excluding hydrogens is 435 g/mol. The summed E-state index contributed by atoms with van der Waals surface area (Å²) in [6, 6.07) is 12.7. The minimum absolute atomic E-state index is 0. The largest absolute Gasteiger partial charge is 2.00 e. The van der Waals surface area contributed by atoms with Crippen LogP contribution < -0.4 is 0 Å². The van der Waals surface area contributed by atoms with Crippen molar-refractivity contribution in [2.45, 2.75) is 47.0 Å². The molecule has 0 N–H and O–H groups in total. The van der Waals surface area contributed by atoms with Gasteiger partial charge >= 0.3 is 20.4 Å². The maximum atomic E-state index is 4.84. The molecule has 2 aromatic carbocycles. The Bertz CT molecular complexity index is 700. The van der Waals surface area contributed by atoms with Gasteiger partial charge in [-0.05, 0) is 62.8 Å². The summed E-state index contributed by atoms with van der Waals surface area (Å²) in [4.78, 5) is 9.68. The zero-order chi connectivity index (χ0) is 17.8. The molecule has 2 aromatic rings. The van der Waals surface area contributed by atoms with Crippen LogP contribution in [0.2, 0.25) is 0 Å². The number of hydrogen-bond donors (Lipinski definition) is 0. The van der Waals surface area contributed by atoms with Crippen molar-refractivity contribution in [2.24, 2.45) is 21.8 Å². The van der Waals surface area contributed by atoms with Gasteiger partial charge in [-0.25, -0.2) is 0 Å². The normalized spacial score (nSPS) is 18.6. The third-order valence-electron chi connectivity index (χ3n) is 5.29. The van der Waals surface area contributed by atoms with Gasteiger partial charge in [-0.1, -0.05) is 42.8 Å². The third kappa shape index (κ3) is 6.23. The third-order valence-corrected chi connectivity index (χ3v) is 5.29. The van der Waals surface area contributed by atoms with E-state index in [4.69, 9.17) is 9.98 Å². The summed E-state index contributed by atoms with van der Waals surface area (Å²) in [6.45, 7) is 8.53. The molecule has 0 saturated heterocycles. The Kier molecular flexibility index (Phi) is 11.4. The van der Waals surface area contributed by atoms with Gasteiger partial charge in [0.05, 0.1) is 11.4 Å². The maximum absolute atomic E-state index is 4.84. The number of nitrogens with zero attached hydrogens (tertiary/aromatic N) is 2. The second kappa shape index (κ2) is 12.1. The first kappa shape index (κ1) is 26.4. The topological polar surface area (TPSA) is 24.7 Å². The fourth-order valence-corrected chi connectivity index (χ4v) is 3.75. The summed E-state index contributed by atoms with van der Waals surface area (Å²) in [5.74, 6) is 0.985. The minimum Gasteiger partial charge on any atom is -0.358 e. The van der Waals surface area contributed by atoms with Crippen molar-refractivity contribution in [2.75, 3.05) is 0 Å². The Hall–Kier alpha value is -1.56. The number of hydrogen-bond acceptors (Lipinski definition) is 2. The van der Waals surface area contributed by atoms with Crippen molar-refractivity contribution in [1.29, 1.82) is 0 Å². The summed E-state index contributed by atoms with van der Waals surface area (Å²) in [7, 11) is 0. The summed E-state index contributed by atoms with van der Waals surface area (Å²) < 4.78 is 0. The van der Waals surface area contributed by atoms with Gasteiger partial charge in [0, 0.05) is 24.3 Å². The van der Waals surface area contributed by atoms with Crippen molar-refractivity contribution in [3.63, 3.8) is 0 Å². The Morgan fingerprint density at radius 3 is 1.32 bits per heavy atom. The smallest absolute Gasteiger partial charge is 0.358 e. The molecule has 1 saturated carbocycles. The van der Waals surface area contributed by atoms with E-state index >= 15 is 0 Å². The Morgan fingerprint density at radius 2 is 1.00 bits per heavy atom. The average Bonchev–Trinajstić information content (AvgIpc) is 3.01. The van der Waals surface area contributed by atoms with Gasteiger partial charge in [0.2, 0.25) is 0 Å². The zero-order valence-electron chi connectivity index (χ0n) is 18.1. The van der Waals surface area contributed by atoms with Gasteiger partial charge in [-0.2, -0.15) is 0 Å². The predicted octanol–water partition coefficient (Wildman–Crippen LogP) is 7.34. The standard InChI is InChI=1S/C23H28N2.2CH3.Pd/c1-16-8-5-9-17(2)22(16)24-14-20-12-7-13-21(20)15-25-23-18(3)10-6-11-19(23)4;;;/h5-6,8-11,14-15,20-21H,7,12-13H2,1-4H3;2*1H3;/q;2*-1;+2. The summed E-state index contributed by atoms with van der Waals surface area (Å²) >= 11 is 0. The van der Waals surface area contributed by atoms with E-state index in [0.29, 0.717) is 11.8 Å². The molecule has 1 aliphatic carbocycles. The molecular formula is C25H34N2Pd.